The Labute approximate surface area is 141 Å². The maximum atomic E-state index is 4.57. The van der Waals surface area contributed by atoms with Crippen LogP contribution in [0.25, 0.3) is 0 Å². The van der Waals surface area contributed by atoms with E-state index in [-0.39, 0.29) is 0 Å². The van der Waals surface area contributed by atoms with Gasteiger partial charge < -0.3 is 9.80 Å². The second kappa shape index (κ2) is 5.40. The molecule has 0 radical (unpaired) electrons. The molecule has 124 valence electrons. The van der Waals surface area contributed by atoms with Gasteiger partial charge in [-0.05, 0) is 50.2 Å². The number of aryl methyl sites for hydroxylation is 3. The molecule has 24 heavy (non-hydrogen) atoms. The lowest BCUT2D eigenvalue weighted by Gasteiger charge is -2.45. The number of aromatic nitrogens is 4. The molecule has 1 saturated heterocycles. The topological polar surface area (TPSA) is 58.0 Å². The minimum Gasteiger partial charge on any atom is -0.353 e. The molecule has 0 amide bonds. The lowest BCUT2D eigenvalue weighted by atomic mass is 10.1. The molecule has 6 nitrogen and oxygen atoms in total. The van der Waals surface area contributed by atoms with Crippen LogP contribution in [0, 0.1) is 0 Å². The van der Waals surface area contributed by atoms with Crippen LogP contribution < -0.4 is 9.80 Å². The van der Waals surface area contributed by atoms with Crippen molar-refractivity contribution < 1.29 is 0 Å². The second-order valence-electron chi connectivity index (χ2n) is 7.17. The Morgan fingerprint density at radius 2 is 1.83 bits per heavy atom. The number of anilines is 2. The standard InChI is InChI=1S/C18H22N6/c1-23(18-14-5-3-7-16(14)19-11-20-18)13-9-24(10-13)17-8-12-4-2-6-15(12)21-22-17/h8,11,13H,2-7,9-10H2,1H3. The predicted octanol–water partition coefficient (Wildman–Crippen LogP) is 1.57. The average Bonchev–Trinajstić information content (AvgIpc) is 3.21. The quantitative estimate of drug-likeness (QED) is 0.855. The van der Waals surface area contributed by atoms with Gasteiger partial charge in [0.25, 0.3) is 0 Å². The van der Waals surface area contributed by atoms with Crippen molar-refractivity contribution in [3.05, 3.63) is 34.9 Å². The van der Waals surface area contributed by atoms with E-state index in [1.165, 1.54) is 35.4 Å². The van der Waals surface area contributed by atoms with Crippen molar-refractivity contribution >= 4 is 11.6 Å². The van der Waals surface area contributed by atoms with Crippen LogP contribution in [0.1, 0.15) is 35.4 Å². The van der Waals surface area contributed by atoms with Gasteiger partial charge in [0.15, 0.2) is 5.82 Å². The Balaban J connectivity index is 1.31. The lowest BCUT2D eigenvalue weighted by Crippen LogP contribution is -2.59. The number of hydrogen-bond acceptors (Lipinski definition) is 6. The zero-order valence-corrected chi connectivity index (χ0v) is 14.1. The van der Waals surface area contributed by atoms with E-state index >= 15 is 0 Å². The molecule has 0 saturated carbocycles. The first-order chi connectivity index (χ1) is 11.8. The van der Waals surface area contributed by atoms with Crippen LogP contribution in [-0.2, 0) is 25.7 Å². The highest BCUT2D eigenvalue weighted by atomic mass is 15.4. The van der Waals surface area contributed by atoms with Crippen molar-refractivity contribution in [3.63, 3.8) is 0 Å². The summed E-state index contributed by atoms with van der Waals surface area (Å²) in [4.78, 5) is 13.7. The van der Waals surface area contributed by atoms with Crippen LogP contribution in [-0.4, -0.2) is 46.3 Å². The Hall–Kier alpha value is -2.24. The summed E-state index contributed by atoms with van der Waals surface area (Å²) in [5.41, 5.74) is 5.19. The maximum Gasteiger partial charge on any atom is 0.151 e. The van der Waals surface area contributed by atoms with Gasteiger partial charge >= 0.3 is 0 Å². The fourth-order valence-electron chi connectivity index (χ4n) is 4.18. The molecule has 2 aromatic rings. The monoisotopic (exact) mass is 322 g/mol. The fourth-order valence-corrected chi connectivity index (χ4v) is 4.18. The number of nitrogens with zero attached hydrogens (tertiary/aromatic N) is 6. The molecule has 0 spiro atoms. The molecule has 0 bridgehead atoms. The van der Waals surface area contributed by atoms with E-state index in [0.717, 1.165) is 50.4 Å². The van der Waals surface area contributed by atoms with Crippen molar-refractivity contribution in [3.8, 4) is 0 Å². The zero-order valence-electron chi connectivity index (χ0n) is 14.1. The smallest absolute Gasteiger partial charge is 0.151 e. The predicted molar refractivity (Wildman–Crippen MR) is 92.5 cm³/mol. The molecular weight excluding hydrogens is 300 g/mol. The first kappa shape index (κ1) is 14.1. The van der Waals surface area contributed by atoms with Gasteiger partial charge in [-0.25, -0.2) is 9.97 Å². The third kappa shape index (κ3) is 2.16. The van der Waals surface area contributed by atoms with Gasteiger partial charge in [0, 0.05) is 31.4 Å². The number of hydrogen-bond donors (Lipinski definition) is 0. The van der Waals surface area contributed by atoms with Crippen molar-refractivity contribution in [2.24, 2.45) is 0 Å². The van der Waals surface area contributed by atoms with Gasteiger partial charge in [-0.2, -0.15) is 5.10 Å². The van der Waals surface area contributed by atoms with E-state index in [9.17, 15) is 0 Å². The molecule has 6 heteroatoms. The number of fused-ring (bicyclic) bond motifs is 2. The van der Waals surface area contributed by atoms with Crippen LogP contribution in [0.3, 0.4) is 0 Å². The highest BCUT2D eigenvalue weighted by Crippen LogP contribution is 2.31. The Bertz CT molecular complexity index is 783. The summed E-state index contributed by atoms with van der Waals surface area (Å²) in [7, 11) is 2.16. The molecule has 0 unspecified atom stereocenters. The van der Waals surface area contributed by atoms with Crippen LogP contribution in [0.5, 0.6) is 0 Å². The van der Waals surface area contributed by atoms with Crippen LogP contribution in [0.15, 0.2) is 12.4 Å². The molecular formula is C18H22N6. The Morgan fingerprint density at radius 3 is 2.75 bits per heavy atom. The van der Waals surface area contributed by atoms with Gasteiger partial charge in [0.05, 0.1) is 11.7 Å². The molecule has 2 aromatic heterocycles. The van der Waals surface area contributed by atoms with E-state index in [0.29, 0.717) is 6.04 Å². The summed E-state index contributed by atoms with van der Waals surface area (Å²) in [6.07, 6.45) is 8.60. The van der Waals surface area contributed by atoms with E-state index in [2.05, 4.69) is 43.1 Å². The molecule has 0 aromatic carbocycles. The molecule has 1 aliphatic heterocycles. The minimum absolute atomic E-state index is 0.486. The van der Waals surface area contributed by atoms with Gasteiger partial charge in [-0.3, -0.25) is 0 Å². The summed E-state index contributed by atoms with van der Waals surface area (Å²) >= 11 is 0. The fraction of sp³-hybridized carbons (Fsp3) is 0.556. The van der Waals surface area contributed by atoms with Gasteiger partial charge in [-0.15, -0.1) is 5.10 Å². The Kier molecular flexibility index (Phi) is 3.18. The lowest BCUT2D eigenvalue weighted by molar-refractivity contribution is 0.486. The highest BCUT2D eigenvalue weighted by molar-refractivity contribution is 5.54. The molecule has 2 aliphatic carbocycles. The molecule has 0 atom stereocenters. The summed E-state index contributed by atoms with van der Waals surface area (Å²) in [5.74, 6) is 2.16. The third-order valence-electron chi connectivity index (χ3n) is 5.73. The highest BCUT2D eigenvalue weighted by Gasteiger charge is 2.34. The first-order valence-corrected chi connectivity index (χ1v) is 8.95. The zero-order chi connectivity index (χ0) is 16.1. The van der Waals surface area contributed by atoms with Gasteiger partial charge in [0.1, 0.15) is 12.1 Å². The van der Waals surface area contributed by atoms with E-state index in [1.807, 2.05) is 0 Å². The summed E-state index contributed by atoms with van der Waals surface area (Å²) in [5, 5.41) is 8.84. The Morgan fingerprint density at radius 1 is 1.00 bits per heavy atom. The van der Waals surface area contributed by atoms with E-state index in [4.69, 9.17) is 0 Å². The molecule has 5 rings (SSSR count). The normalized spacial score (nSPS) is 19.1. The molecule has 3 aliphatic rings. The van der Waals surface area contributed by atoms with Crippen molar-refractivity contribution in [1.82, 2.24) is 20.2 Å². The van der Waals surface area contributed by atoms with Crippen LogP contribution >= 0.6 is 0 Å². The average molecular weight is 322 g/mol. The van der Waals surface area contributed by atoms with Gasteiger partial charge in [-0.1, -0.05) is 0 Å². The largest absolute Gasteiger partial charge is 0.353 e. The van der Waals surface area contributed by atoms with Crippen LogP contribution in [0.4, 0.5) is 11.6 Å². The second-order valence-corrected chi connectivity index (χ2v) is 7.17. The molecule has 3 heterocycles. The van der Waals surface area contributed by atoms with E-state index < -0.39 is 0 Å². The third-order valence-corrected chi connectivity index (χ3v) is 5.73. The minimum atomic E-state index is 0.486. The molecule has 1 fully saturated rings. The molecule has 0 N–H and O–H groups in total. The van der Waals surface area contributed by atoms with Crippen molar-refractivity contribution in [2.75, 3.05) is 29.9 Å². The first-order valence-electron chi connectivity index (χ1n) is 8.95. The number of likely N-dealkylation sites (N-methyl/N-ethyl adjacent to an activating group) is 1. The van der Waals surface area contributed by atoms with Crippen molar-refractivity contribution in [1.29, 1.82) is 0 Å². The van der Waals surface area contributed by atoms with E-state index in [1.54, 1.807) is 6.33 Å². The summed E-state index contributed by atoms with van der Waals surface area (Å²) in [6, 6.07) is 2.73. The van der Waals surface area contributed by atoms with Crippen molar-refractivity contribution in [2.45, 2.75) is 44.6 Å². The summed E-state index contributed by atoms with van der Waals surface area (Å²) in [6.45, 7) is 1.98. The summed E-state index contributed by atoms with van der Waals surface area (Å²) < 4.78 is 0. The van der Waals surface area contributed by atoms with Crippen LogP contribution in [0.2, 0.25) is 0 Å². The SMILES string of the molecule is CN(c1ncnc2c1CCC2)C1CN(c2cc3c(nn2)CCC3)C1. The van der Waals surface area contributed by atoms with Gasteiger partial charge in [0.2, 0.25) is 0 Å². The number of rotatable bonds is 3. The maximum absolute atomic E-state index is 4.57.